The van der Waals surface area contributed by atoms with Gasteiger partial charge in [-0.05, 0) is 37.5 Å². The number of rotatable bonds is 8. The molecule has 0 aromatic heterocycles. The standard InChI is InChI=1S/C18H28N2O3S/c1-13(2)11-18(3,12-19)20-17(21)6-9-24-14-4-5-15-16(10-14)23-8-7-22-15/h4-5,10,13H,6-9,11-12,19H2,1-3H3,(H,20,21). The summed E-state index contributed by atoms with van der Waals surface area (Å²) in [6.45, 7) is 7.91. The van der Waals surface area contributed by atoms with Crippen LogP contribution in [0, 0.1) is 5.92 Å². The number of hydrogen-bond donors (Lipinski definition) is 2. The molecule has 2 rings (SSSR count). The molecule has 3 N–H and O–H groups in total. The van der Waals surface area contributed by atoms with Gasteiger partial charge in [0, 0.05) is 29.2 Å². The van der Waals surface area contributed by atoms with Gasteiger partial charge in [-0.2, -0.15) is 0 Å². The van der Waals surface area contributed by atoms with Crippen molar-refractivity contribution in [3.8, 4) is 11.5 Å². The Balaban J connectivity index is 1.80. The van der Waals surface area contributed by atoms with E-state index >= 15 is 0 Å². The zero-order chi connectivity index (χ0) is 17.6. The highest BCUT2D eigenvalue weighted by Gasteiger charge is 2.25. The Hall–Kier alpha value is -1.40. The van der Waals surface area contributed by atoms with Gasteiger partial charge in [0.15, 0.2) is 11.5 Å². The van der Waals surface area contributed by atoms with E-state index in [9.17, 15) is 4.79 Å². The van der Waals surface area contributed by atoms with Crippen LogP contribution in [0.25, 0.3) is 0 Å². The molecule has 6 heteroatoms. The lowest BCUT2D eigenvalue weighted by Crippen LogP contribution is -2.52. The van der Waals surface area contributed by atoms with Crippen molar-refractivity contribution < 1.29 is 14.3 Å². The second-order valence-electron chi connectivity index (χ2n) is 6.81. The van der Waals surface area contributed by atoms with Crippen molar-refractivity contribution in [1.29, 1.82) is 0 Å². The monoisotopic (exact) mass is 352 g/mol. The Labute approximate surface area is 148 Å². The van der Waals surface area contributed by atoms with Gasteiger partial charge in [-0.15, -0.1) is 11.8 Å². The van der Waals surface area contributed by atoms with E-state index in [2.05, 4.69) is 19.2 Å². The molecule has 1 unspecified atom stereocenters. The van der Waals surface area contributed by atoms with Gasteiger partial charge in [0.2, 0.25) is 5.91 Å². The predicted octanol–water partition coefficient (Wildman–Crippen LogP) is 2.82. The zero-order valence-electron chi connectivity index (χ0n) is 14.8. The van der Waals surface area contributed by atoms with Crippen LogP contribution >= 0.6 is 11.8 Å². The van der Waals surface area contributed by atoms with E-state index in [1.54, 1.807) is 11.8 Å². The maximum absolute atomic E-state index is 12.2. The number of ether oxygens (including phenoxy) is 2. The average Bonchev–Trinajstić information content (AvgIpc) is 2.54. The highest BCUT2D eigenvalue weighted by Crippen LogP contribution is 2.34. The van der Waals surface area contributed by atoms with Crippen LogP contribution < -0.4 is 20.5 Å². The molecular formula is C18H28N2O3S. The maximum Gasteiger partial charge on any atom is 0.221 e. The molecule has 1 aliphatic rings. The van der Waals surface area contributed by atoms with Crippen LogP contribution in [0.5, 0.6) is 11.5 Å². The smallest absolute Gasteiger partial charge is 0.221 e. The van der Waals surface area contributed by atoms with Crippen molar-refractivity contribution in [2.24, 2.45) is 11.7 Å². The van der Waals surface area contributed by atoms with E-state index < -0.39 is 0 Å². The first kappa shape index (κ1) is 18.9. The van der Waals surface area contributed by atoms with Crippen molar-refractivity contribution in [2.45, 2.75) is 44.0 Å². The summed E-state index contributed by atoms with van der Waals surface area (Å²) in [6, 6.07) is 5.89. The summed E-state index contributed by atoms with van der Waals surface area (Å²) in [5.74, 6) is 2.83. The van der Waals surface area contributed by atoms with Gasteiger partial charge in [-0.1, -0.05) is 13.8 Å². The van der Waals surface area contributed by atoms with Crippen LogP contribution in [0.3, 0.4) is 0 Å². The lowest BCUT2D eigenvalue weighted by atomic mass is 9.90. The largest absolute Gasteiger partial charge is 0.486 e. The van der Waals surface area contributed by atoms with Crippen molar-refractivity contribution in [2.75, 3.05) is 25.5 Å². The molecule has 0 spiro atoms. The maximum atomic E-state index is 12.2. The molecule has 5 nitrogen and oxygen atoms in total. The number of benzene rings is 1. The molecule has 0 saturated carbocycles. The normalized spacial score (nSPS) is 15.9. The Morgan fingerprint density at radius 1 is 1.33 bits per heavy atom. The summed E-state index contributed by atoms with van der Waals surface area (Å²) in [7, 11) is 0. The molecule has 0 saturated heterocycles. The molecule has 24 heavy (non-hydrogen) atoms. The fourth-order valence-electron chi connectivity index (χ4n) is 2.86. The van der Waals surface area contributed by atoms with E-state index in [0.717, 1.165) is 22.8 Å². The predicted molar refractivity (Wildman–Crippen MR) is 97.8 cm³/mol. The number of nitrogens with two attached hydrogens (primary N) is 1. The number of nitrogens with one attached hydrogen (secondary N) is 1. The van der Waals surface area contributed by atoms with E-state index in [1.807, 2.05) is 25.1 Å². The van der Waals surface area contributed by atoms with Crippen molar-refractivity contribution in [1.82, 2.24) is 5.32 Å². The summed E-state index contributed by atoms with van der Waals surface area (Å²) in [4.78, 5) is 13.3. The van der Waals surface area contributed by atoms with Gasteiger partial charge in [0.25, 0.3) is 0 Å². The summed E-state index contributed by atoms with van der Waals surface area (Å²) in [5.41, 5.74) is 5.52. The number of amides is 1. The molecule has 1 aliphatic heterocycles. The average molecular weight is 353 g/mol. The van der Waals surface area contributed by atoms with E-state index in [1.165, 1.54) is 0 Å². The first-order valence-electron chi connectivity index (χ1n) is 8.45. The molecule has 0 fully saturated rings. The number of carbonyl (C=O) groups excluding carboxylic acids is 1. The topological polar surface area (TPSA) is 73.6 Å². The molecule has 0 bridgehead atoms. The minimum Gasteiger partial charge on any atom is -0.486 e. The minimum absolute atomic E-state index is 0.0497. The number of thioether (sulfide) groups is 1. The highest BCUT2D eigenvalue weighted by molar-refractivity contribution is 7.99. The van der Waals surface area contributed by atoms with Gasteiger partial charge >= 0.3 is 0 Å². The third-order valence-corrected chi connectivity index (χ3v) is 4.86. The molecule has 1 heterocycles. The third kappa shape index (κ3) is 5.60. The van der Waals surface area contributed by atoms with Crippen LogP contribution in [0.15, 0.2) is 23.1 Å². The van der Waals surface area contributed by atoms with E-state index in [4.69, 9.17) is 15.2 Å². The van der Waals surface area contributed by atoms with Crippen LogP contribution in [0.1, 0.15) is 33.6 Å². The first-order chi connectivity index (χ1) is 11.4. The number of carbonyl (C=O) groups is 1. The molecule has 134 valence electrons. The van der Waals surface area contributed by atoms with Gasteiger partial charge < -0.3 is 20.5 Å². The first-order valence-corrected chi connectivity index (χ1v) is 9.44. The SMILES string of the molecule is CC(C)CC(C)(CN)NC(=O)CCSc1ccc2c(c1)OCCO2. The molecular weight excluding hydrogens is 324 g/mol. The lowest BCUT2D eigenvalue weighted by Gasteiger charge is -2.31. The Kier molecular flexibility index (Phi) is 6.80. The van der Waals surface area contributed by atoms with Crippen LogP contribution in [0.4, 0.5) is 0 Å². The fourth-order valence-corrected chi connectivity index (χ4v) is 3.74. The third-order valence-electron chi connectivity index (χ3n) is 3.86. The van der Waals surface area contributed by atoms with Gasteiger partial charge in [0.05, 0.1) is 0 Å². The molecule has 0 radical (unpaired) electrons. The highest BCUT2D eigenvalue weighted by atomic mass is 32.2. The van der Waals surface area contributed by atoms with E-state index in [-0.39, 0.29) is 11.4 Å². The Morgan fingerprint density at radius 3 is 2.71 bits per heavy atom. The summed E-state index contributed by atoms with van der Waals surface area (Å²) in [6.07, 6.45) is 1.34. The molecule has 1 aromatic rings. The van der Waals surface area contributed by atoms with Gasteiger partial charge in [0.1, 0.15) is 13.2 Å². The van der Waals surface area contributed by atoms with Crippen LogP contribution in [-0.4, -0.2) is 37.0 Å². The second-order valence-corrected chi connectivity index (χ2v) is 7.98. The van der Waals surface area contributed by atoms with Gasteiger partial charge in [-0.25, -0.2) is 0 Å². The van der Waals surface area contributed by atoms with Gasteiger partial charge in [-0.3, -0.25) is 4.79 Å². The number of fused-ring (bicyclic) bond motifs is 1. The zero-order valence-corrected chi connectivity index (χ0v) is 15.6. The summed E-state index contributed by atoms with van der Waals surface area (Å²) < 4.78 is 11.1. The van der Waals surface area contributed by atoms with Crippen LogP contribution in [0.2, 0.25) is 0 Å². The summed E-state index contributed by atoms with van der Waals surface area (Å²) >= 11 is 1.64. The quantitative estimate of drug-likeness (QED) is 0.704. The molecule has 1 atom stereocenters. The van der Waals surface area contributed by atoms with Crippen molar-refractivity contribution >= 4 is 17.7 Å². The minimum atomic E-state index is -0.326. The fraction of sp³-hybridized carbons (Fsp3) is 0.611. The van der Waals surface area contributed by atoms with Crippen molar-refractivity contribution in [3.05, 3.63) is 18.2 Å². The lowest BCUT2D eigenvalue weighted by molar-refractivity contribution is -0.122. The molecule has 1 aromatic carbocycles. The Bertz CT molecular complexity index is 565. The number of hydrogen-bond acceptors (Lipinski definition) is 5. The van der Waals surface area contributed by atoms with E-state index in [0.29, 0.717) is 37.9 Å². The van der Waals surface area contributed by atoms with Crippen molar-refractivity contribution in [3.63, 3.8) is 0 Å². The molecule has 1 amide bonds. The molecule has 0 aliphatic carbocycles. The summed E-state index contributed by atoms with van der Waals surface area (Å²) in [5, 5.41) is 3.09. The second kappa shape index (κ2) is 8.62. The Morgan fingerprint density at radius 2 is 2.04 bits per heavy atom. The van der Waals surface area contributed by atoms with Crippen LogP contribution in [-0.2, 0) is 4.79 Å².